The Bertz CT molecular complexity index is 282. The summed E-state index contributed by atoms with van der Waals surface area (Å²) in [5, 5.41) is 13.9. The smallest absolute Gasteiger partial charge is 0.224 e. The van der Waals surface area contributed by atoms with Gasteiger partial charge in [0.15, 0.2) is 0 Å². The highest BCUT2D eigenvalue weighted by Crippen LogP contribution is 2.26. The topological polar surface area (TPSA) is 52.6 Å². The average molecular weight is 284 g/mol. The Morgan fingerprint density at radius 2 is 1.75 bits per heavy atom. The number of carbonyl (C=O) groups is 1. The van der Waals surface area contributed by atoms with E-state index in [1.54, 1.807) is 0 Å². The lowest BCUT2D eigenvalue weighted by Crippen LogP contribution is -2.45. The third-order valence-corrected chi connectivity index (χ3v) is 4.41. The van der Waals surface area contributed by atoms with E-state index in [1.807, 2.05) is 25.7 Å². The van der Waals surface area contributed by atoms with Crippen molar-refractivity contribution in [2.45, 2.75) is 77.4 Å². The zero-order chi connectivity index (χ0) is 15.0. The Labute approximate surface area is 123 Å². The van der Waals surface area contributed by atoms with Gasteiger partial charge in [0, 0.05) is 32.1 Å². The van der Waals surface area contributed by atoms with Gasteiger partial charge >= 0.3 is 0 Å². The largest absolute Gasteiger partial charge is 0.389 e. The second-order valence-corrected chi connectivity index (χ2v) is 6.19. The van der Waals surface area contributed by atoms with Crippen molar-refractivity contribution >= 4 is 5.91 Å². The number of aliphatic hydroxyl groups is 1. The van der Waals surface area contributed by atoms with Crippen LogP contribution in [0, 0.1) is 0 Å². The van der Waals surface area contributed by atoms with E-state index in [-0.39, 0.29) is 11.9 Å². The summed E-state index contributed by atoms with van der Waals surface area (Å²) >= 11 is 0. The molecular weight excluding hydrogens is 252 g/mol. The minimum Gasteiger partial charge on any atom is -0.389 e. The molecule has 0 bridgehead atoms. The molecule has 20 heavy (non-hydrogen) atoms. The minimum atomic E-state index is -0.566. The summed E-state index contributed by atoms with van der Waals surface area (Å²) in [5.74, 6) is 0.197. The molecule has 1 rings (SSSR count). The Hall–Kier alpha value is -0.610. The number of amides is 1. The van der Waals surface area contributed by atoms with Crippen LogP contribution >= 0.6 is 0 Å². The second kappa shape index (κ2) is 8.63. The van der Waals surface area contributed by atoms with Gasteiger partial charge in [0.25, 0.3) is 0 Å². The predicted octanol–water partition coefficient (Wildman–Crippen LogP) is 2.31. The molecule has 4 heteroatoms. The lowest BCUT2D eigenvalue weighted by molar-refractivity contribution is -0.131. The first-order valence-corrected chi connectivity index (χ1v) is 8.24. The molecule has 1 aliphatic rings. The summed E-state index contributed by atoms with van der Waals surface area (Å²) in [5.41, 5.74) is -0.566. The van der Waals surface area contributed by atoms with E-state index in [1.165, 1.54) is 12.8 Å². The van der Waals surface area contributed by atoms with Crippen LogP contribution in [-0.4, -0.2) is 47.2 Å². The van der Waals surface area contributed by atoms with E-state index in [4.69, 9.17) is 0 Å². The quantitative estimate of drug-likeness (QED) is 0.705. The van der Waals surface area contributed by atoms with Crippen LogP contribution in [0.5, 0.6) is 0 Å². The van der Waals surface area contributed by atoms with Crippen LogP contribution in [0.2, 0.25) is 0 Å². The summed E-state index contributed by atoms with van der Waals surface area (Å²) in [6.07, 6.45) is 6.98. The molecule has 1 unspecified atom stereocenters. The second-order valence-electron chi connectivity index (χ2n) is 6.19. The first kappa shape index (κ1) is 17.4. The summed E-state index contributed by atoms with van der Waals surface area (Å²) in [7, 11) is 0. The van der Waals surface area contributed by atoms with Gasteiger partial charge in [-0.25, -0.2) is 0 Å². The van der Waals surface area contributed by atoms with Gasteiger partial charge < -0.3 is 15.3 Å². The molecule has 1 fully saturated rings. The van der Waals surface area contributed by atoms with E-state index < -0.39 is 5.60 Å². The monoisotopic (exact) mass is 284 g/mol. The minimum absolute atomic E-state index is 0.121. The van der Waals surface area contributed by atoms with E-state index in [0.717, 1.165) is 38.8 Å². The van der Waals surface area contributed by atoms with Crippen molar-refractivity contribution in [2.24, 2.45) is 0 Å². The normalized spacial score (nSPS) is 20.2. The number of nitrogens with one attached hydrogen (secondary N) is 1. The molecule has 1 saturated carbocycles. The van der Waals surface area contributed by atoms with Gasteiger partial charge in [-0.05, 0) is 33.6 Å². The molecule has 0 heterocycles. The van der Waals surface area contributed by atoms with Crippen LogP contribution in [-0.2, 0) is 4.79 Å². The SMILES string of the molecule is CCN(CC)C(=O)CC(C)NCC1(O)CCCCCC1. The number of hydrogen-bond acceptors (Lipinski definition) is 3. The molecule has 2 N–H and O–H groups in total. The van der Waals surface area contributed by atoms with E-state index in [2.05, 4.69) is 5.32 Å². The maximum atomic E-state index is 12.0. The van der Waals surface area contributed by atoms with E-state index in [0.29, 0.717) is 13.0 Å². The van der Waals surface area contributed by atoms with Gasteiger partial charge in [-0.2, -0.15) is 0 Å². The molecule has 4 nitrogen and oxygen atoms in total. The molecule has 0 aromatic heterocycles. The van der Waals surface area contributed by atoms with Crippen molar-refractivity contribution in [2.75, 3.05) is 19.6 Å². The zero-order valence-corrected chi connectivity index (χ0v) is 13.5. The highest BCUT2D eigenvalue weighted by Gasteiger charge is 2.28. The van der Waals surface area contributed by atoms with Crippen molar-refractivity contribution in [1.29, 1.82) is 0 Å². The zero-order valence-electron chi connectivity index (χ0n) is 13.5. The van der Waals surface area contributed by atoms with E-state index >= 15 is 0 Å². The molecule has 1 amide bonds. The first-order chi connectivity index (χ1) is 9.50. The Balaban J connectivity index is 2.34. The lowest BCUT2D eigenvalue weighted by Gasteiger charge is -2.29. The van der Waals surface area contributed by atoms with Crippen molar-refractivity contribution in [1.82, 2.24) is 10.2 Å². The summed E-state index contributed by atoms with van der Waals surface area (Å²) in [6, 6.07) is 0.121. The maximum Gasteiger partial charge on any atom is 0.224 e. The van der Waals surface area contributed by atoms with Crippen molar-refractivity contribution in [3.8, 4) is 0 Å². The molecule has 0 aromatic rings. The van der Waals surface area contributed by atoms with Gasteiger partial charge in [-0.1, -0.05) is 25.7 Å². The maximum absolute atomic E-state index is 12.0. The van der Waals surface area contributed by atoms with Gasteiger partial charge in [0.1, 0.15) is 0 Å². The highest BCUT2D eigenvalue weighted by atomic mass is 16.3. The van der Waals surface area contributed by atoms with Crippen LogP contribution in [0.4, 0.5) is 0 Å². The van der Waals surface area contributed by atoms with Crippen molar-refractivity contribution < 1.29 is 9.90 Å². The van der Waals surface area contributed by atoms with Gasteiger partial charge in [-0.3, -0.25) is 4.79 Å². The molecule has 0 spiro atoms. The Kier molecular flexibility index (Phi) is 7.52. The predicted molar refractivity (Wildman–Crippen MR) is 82.7 cm³/mol. The molecular formula is C16H32N2O2. The van der Waals surface area contributed by atoms with Crippen molar-refractivity contribution in [3.05, 3.63) is 0 Å². The van der Waals surface area contributed by atoms with Crippen molar-refractivity contribution in [3.63, 3.8) is 0 Å². The van der Waals surface area contributed by atoms with Gasteiger partial charge in [0.2, 0.25) is 5.91 Å². The highest BCUT2D eigenvalue weighted by molar-refractivity contribution is 5.76. The molecule has 0 aromatic carbocycles. The van der Waals surface area contributed by atoms with Crippen LogP contribution in [0.25, 0.3) is 0 Å². The lowest BCUT2D eigenvalue weighted by atomic mass is 9.94. The van der Waals surface area contributed by atoms with Crippen LogP contribution in [0.15, 0.2) is 0 Å². The van der Waals surface area contributed by atoms with Gasteiger partial charge in [-0.15, -0.1) is 0 Å². The Morgan fingerprint density at radius 1 is 1.20 bits per heavy atom. The number of nitrogens with zero attached hydrogens (tertiary/aromatic N) is 1. The summed E-state index contributed by atoms with van der Waals surface area (Å²) in [6.45, 7) is 8.20. The number of hydrogen-bond donors (Lipinski definition) is 2. The standard InChI is InChI=1S/C16H32N2O2/c1-4-18(5-2)15(19)12-14(3)17-13-16(20)10-8-6-7-9-11-16/h14,17,20H,4-13H2,1-3H3. The number of rotatable bonds is 7. The van der Waals surface area contributed by atoms with Crippen LogP contribution < -0.4 is 5.32 Å². The third kappa shape index (κ3) is 5.80. The first-order valence-electron chi connectivity index (χ1n) is 8.24. The number of carbonyl (C=O) groups excluding carboxylic acids is 1. The molecule has 1 atom stereocenters. The van der Waals surface area contributed by atoms with Gasteiger partial charge in [0.05, 0.1) is 5.60 Å². The summed E-state index contributed by atoms with van der Waals surface area (Å²) < 4.78 is 0. The van der Waals surface area contributed by atoms with Crippen LogP contribution in [0.3, 0.4) is 0 Å². The average Bonchev–Trinajstić information content (AvgIpc) is 2.63. The molecule has 1 aliphatic carbocycles. The summed E-state index contributed by atoms with van der Waals surface area (Å²) in [4.78, 5) is 13.9. The fourth-order valence-corrected chi connectivity index (χ4v) is 2.97. The molecule has 0 aliphatic heterocycles. The fourth-order valence-electron chi connectivity index (χ4n) is 2.97. The third-order valence-electron chi connectivity index (χ3n) is 4.41. The fraction of sp³-hybridized carbons (Fsp3) is 0.938. The van der Waals surface area contributed by atoms with E-state index in [9.17, 15) is 9.90 Å². The van der Waals surface area contributed by atoms with Crippen LogP contribution in [0.1, 0.15) is 65.7 Å². The Morgan fingerprint density at radius 3 is 2.25 bits per heavy atom. The molecule has 0 saturated heterocycles. The molecule has 0 radical (unpaired) electrons. The molecule has 118 valence electrons.